The lowest BCUT2D eigenvalue weighted by Crippen LogP contribution is -2.50. The van der Waals surface area contributed by atoms with Crippen molar-refractivity contribution in [3.05, 3.63) is 12.7 Å². The molecule has 1 aliphatic heterocycles. The number of carboxylic acid groups (broad SMARTS) is 1. The Morgan fingerprint density at radius 1 is 1.59 bits per heavy atom. The van der Waals surface area contributed by atoms with Crippen LogP contribution in [0.15, 0.2) is 12.7 Å². The molecule has 96 valence electrons. The van der Waals surface area contributed by atoms with Crippen LogP contribution in [0.4, 0.5) is 4.79 Å². The molecule has 0 radical (unpaired) electrons. The first kappa shape index (κ1) is 13.5. The molecule has 0 aromatic rings. The van der Waals surface area contributed by atoms with E-state index in [1.807, 2.05) is 0 Å². The van der Waals surface area contributed by atoms with Crippen molar-refractivity contribution in [3.63, 3.8) is 0 Å². The Kier molecular flexibility index (Phi) is 4.96. The minimum absolute atomic E-state index is 0.0837. The molecule has 2 atom stereocenters. The van der Waals surface area contributed by atoms with Gasteiger partial charge in [-0.05, 0) is 19.3 Å². The zero-order valence-corrected chi connectivity index (χ0v) is 9.63. The van der Waals surface area contributed by atoms with Crippen LogP contribution in [0.2, 0.25) is 0 Å². The highest BCUT2D eigenvalue weighted by molar-refractivity contribution is 5.86. The van der Waals surface area contributed by atoms with E-state index in [-0.39, 0.29) is 25.0 Å². The summed E-state index contributed by atoms with van der Waals surface area (Å²) < 4.78 is 0. The molecule has 0 spiro atoms. The van der Waals surface area contributed by atoms with Gasteiger partial charge in [0.25, 0.3) is 0 Å². The fourth-order valence-corrected chi connectivity index (χ4v) is 2.05. The lowest BCUT2D eigenvalue weighted by atomic mass is 10.1. The molecule has 17 heavy (non-hydrogen) atoms. The van der Waals surface area contributed by atoms with Crippen LogP contribution in [0.25, 0.3) is 0 Å². The summed E-state index contributed by atoms with van der Waals surface area (Å²) in [5.41, 5.74) is 0. The van der Waals surface area contributed by atoms with Gasteiger partial charge < -0.3 is 20.4 Å². The van der Waals surface area contributed by atoms with Crippen molar-refractivity contribution in [1.29, 1.82) is 0 Å². The van der Waals surface area contributed by atoms with Crippen molar-refractivity contribution in [2.45, 2.75) is 31.3 Å². The quantitative estimate of drug-likeness (QED) is 0.600. The largest absolute Gasteiger partial charge is 0.465 e. The van der Waals surface area contributed by atoms with E-state index >= 15 is 0 Å². The molecule has 1 rings (SSSR count). The second kappa shape index (κ2) is 6.24. The lowest BCUT2D eigenvalue weighted by molar-refractivity contribution is -0.134. The van der Waals surface area contributed by atoms with E-state index in [0.29, 0.717) is 6.54 Å². The summed E-state index contributed by atoms with van der Waals surface area (Å²) in [7, 11) is 0. The van der Waals surface area contributed by atoms with Crippen LogP contribution >= 0.6 is 0 Å². The number of likely N-dealkylation sites (tertiary alicyclic amines) is 1. The average Bonchev–Trinajstić information content (AvgIpc) is 2.74. The molecule has 0 aromatic carbocycles. The SMILES string of the molecule is C=CC[C@@H](NC(=O)O)C(=O)N1CCC[C@H]1CO. The molecule has 1 aliphatic rings. The van der Waals surface area contributed by atoms with Crippen molar-refractivity contribution in [2.75, 3.05) is 13.2 Å². The molecule has 0 bridgehead atoms. The van der Waals surface area contributed by atoms with E-state index in [1.54, 1.807) is 4.90 Å². The number of aliphatic hydroxyl groups excluding tert-OH is 1. The van der Waals surface area contributed by atoms with Gasteiger partial charge >= 0.3 is 6.09 Å². The standard InChI is InChI=1S/C11H18N2O4/c1-2-4-9(12-11(16)17)10(15)13-6-3-5-8(13)7-14/h2,8-9,12,14H,1,3-7H2,(H,16,17)/t8-,9+/m0/s1. The van der Waals surface area contributed by atoms with Crippen LogP contribution in [0.3, 0.4) is 0 Å². The van der Waals surface area contributed by atoms with Gasteiger partial charge in [-0.1, -0.05) is 6.08 Å². The molecule has 3 N–H and O–H groups in total. The second-order valence-electron chi connectivity index (χ2n) is 4.04. The highest BCUT2D eigenvalue weighted by Crippen LogP contribution is 2.18. The van der Waals surface area contributed by atoms with Gasteiger partial charge in [0.15, 0.2) is 0 Å². The van der Waals surface area contributed by atoms with Crippen LogP contribution in [-0.2, 0) is 4.79 Å². The Morgan fingerprint density at radius 2 is 2.29 bits per heavy atom. The first-order chi connectivity index (χ1) is 8.10. The van der Waals surface area contributed by atoms with Crippen LogP contribution < -0.4 is 5.32 Å². The Balaban J connectivity index is 2.69. The van der Waals surface area contributed by atoms with Crippen LogP contribution in [0.5, 0.6) is 0 Å². The van der Waals surface area contributed by atoms with E-state index in [4.69, 9.17) is 10.2 Å². The maximum atomic E-state index is 12.1. The van der Waals surface area contributed by atoms with Gasteiger partial charge in [0.1, 0.15) is 6.04 Å². The number of carbonyl (C=O) groups excluding carboxylic acids is 1. The van der Waals surface area contributed by atoms with Crippen molar-refractivity contribution in [2.24, 2.45) is 0 Å². The molecule has 1 fully saturated rings. The van der Waals surface area contributed by atoms with E-state index in [2.05, 4.69) is 11.9 Å². The minimum atomic E-state index is -1.23. The van der Waals surface area contributed by atoms with Crippen LogP contribution in [0, 0.1) is 0 Å². The summed E-state index contributed by atoms with van der Waals surface area (Å²) in [6, 6.07) is -0.998. The van der Waals surface area contributed by atoms with E-state index in [1.165, 1.54) is 6.08 Å². The van der Waals surface area contributed by atoms with Crippen molar-refractivity contribution in [3.8, 4) is 0 Å². The van der Waals surface area contributed by atoms with E-state index in [0.717, 1.165) is 12.8 Å². The van der Waals surface area contributed by atoms with Gasteiger partial charge in [-0.2, -0.15) is 0 Å². The number of carbonyl (C=O) groups is 2. The fourth-order valence-electron chi connectivity index (χ4n) is 2.05. The van der Waals surface area contributed by atoms with Crippen LogP contribution in [0.1, 0.15) is 19.3 Å². The molecule has 6 nitrogen and oxygen atoms in total. The summed E-state index contributed by atoms with van der Waals surface area (Å²) in [5.74, 6) is -0.288. The summed E-state index contributed by atoms with van der Waals surface area (Å²) in [5, 5.41) is 20.0. The summed E-state index contributed by atoms with van der Waals surface area (Å²) in [6.07, 6.45) is 2.12. The van der Waals surface area contributed by atoms with Gasteiger partial charge in [-0.25, -0.2) is 4.79 Å². The van der Waals surface area contributed by atoms with Crippen molar-refractivity contribution in [1.82, 2.24) is 10.2 Å². The van der Waals surface area contributed by atoms with Gasteiger partial charge in [0.05, 0.1) is 12.6 Å². The minimum Gasteiger partial charge on any atom is -0.465 e. The predicted octanol–water partition coefficient (Wildman–Crippen LogP) is 0.182. The predicted molar refractivity (Wildman–Crippen MR) is 61.6 cm³/mol. The van der Waals surface area contributed by atoms with Crippen molar-refractivity contribution < 1.29 is 19.8 Å². The summed E-state index contributed by atoms with van der Waals surface area (Å²) in [6.45, 7) is 3.99. The first-order valence-electron chi connectivity index (χ1n) is 5.61. The highest BCUT2D eigenvalue weighted by atomic mass is 16.4. The molecular formula is C11H18N2O4. The third-order valence-electron chi connectivity index (χ3n) is 2.87. The van der Waals surface area contributed by atoms with Gasteiger partial charge in [0.2, 0.25) is 5.91 Å². The Bertz CT molecular complexity index is 306. The molecular weight excluding hydrogens is 224 g/mol. The molecule has 0 unspecified atom stereocenters. The van der Waals surface area contributed by atoms with E-state index in [9.17, 15) is 9.59 Å². The fraction of sp³-hybridized carbons (Fsp3) is 0.636. The Hall–Kier alpha value is -1.56. The molecule has 2 amide bonds. The smallest absolute Gasteiger partial charge is 0.405 e. The number of nitrogens with zero attached hydrogens (tertiary/aromatic N) is 1. The number of nitrogens with one attached hydrogen (secondary N) is 1. The third-order valence-corrected chi connectivity index (χ3v) is 2.87. The third kappa shape index (κ3) is 3.45. The molecule has 0 aliphatic carbocycles. The molecule has 0 aromatic heterocycles. The monoisotopic (exact) mass is 242 g/mol. The molecule has 6 heteroatoms. The normalized spacial score (nSPS) is 21.0. The zero-order chi connectivity index (χ0) is 12.8. The zero-order valence-electron chi connectivity index (χ0n) is 9.63. The number of hydrogen-bond donors (Lipinski definition) is 3. The number of hydrogen-bond acceptors (Lipinski definition) is 3. The summed E-state index contributed by atoms with van der Waals surface area (Å²) >= 11 is 0. The van der Waals surface area contributed by atoms with Gasteiger partial charge in [0, 0.05) is 6.54 Å². The Morgan fingerprint density at radius 3 is 2.82 bits per heavy atom. The topological polar surface area (TPSA) is 89.9 Å². The average molecular weight is 242 g/mol. The molecule has 0 saturated carbocycles. The van der Waals surface area contributed by atoms with E-state index < -0.39 is 12.1 Å². The maximum Gasteiger partial charge on any atom is 0.405 e. The number of aliphatic hydroxyl groups is 1. The molecule has 1 saturated heterocycles. The van der Waals surface area contributed by atoms with Gasteiger partial charge in [-0.3, -0.25) is 4.79 Å². The second-order valence-corrected chi connectivity index (χ2v) is 4.04. The Labute approximate surface area is 99.9 Å². The molecule has 1 heterocycles. The van der Waals surface area contributed by atoms with Crippen molar-refractivity contribution >= 4 is 12.0 Å². The summed E-state index contributed by atoms with van der Waals surface area (Å²) in [4.78, 5) is 24.2. The maximum absolute atomic E-state index is 12.1. The number of rotatable bonds is 5. The first-order valence-corrected chi connectivity index (χ1v) is 5.61. The van der Waals surface area contributed by atoms with Crippen LogP contribution in [-0.4, -0.2) is 52.3 Å². The lowest BCUT2D eigenvalue weighted by Gasteiger charge is -2.27. The number of amides is 2. The highest BCUT2D eigenvalue weighted by Gasteiger charge is 2.32. The van der Waals surface area contributed by atoms with Gasteiger partial charge in [-0.15, -0.1) is 6.58 Å².